The maximum Gasteiger partial charge on any atom is 0.258 e. The number of carbonyl (C=O) groups excluding carboxylic acids is 1. The van der Waals surface area contributed by atoms with Crippen LogP contribution in [-0.4, -0.2) is 52.6 Å². The number of aromatic amines is 1. The van der Waals surface area contributed by atoms with Crippen molar-refractivity contribution >= 4 is 16.8 Å². The van der Waals surface area contributed by atoms with Gasteiger partial charge in [-0.1, -0.05) is 12.1 Å². The molecule has 1 saturated heterocycles. The third-order valence-electron chi connectivity index (χ3n) is 9.27. The minimum atomic E-state index is -0.137. The number of fused-ring (bicyclic) bond motifs is 1. The number of carbonyl (C=O) groups is 1. The average Bonchev–Trinajstić information content (AvgIpc) is 3.31. The van der Waals surface area contributed by atoms with E-state index in [0.717, 1.165) is 37.2 Å². The van der Waals surface area contributed by atoms with Crippen LogP contribution in [0.5, 0.6) is 0 Å². The highest BCUT2D eigenvalue weighted by molar-refractivity contribution is 5.78. The lowest BCUT2D eigenvalue weighted by Gasteiger charge is -2.59. The monoisotopic (exact) mass is 478 g/mol. The zero-order valence-electron chi connectivity index (χ0n) is 20.8. The van der Waals surface area contributed by atoms with Gasteiger partial charge in [0.2, 0.25) is 5.91 Å². The summed E-state index contributed by atoms with van der Waals surface area (Å²) in [5, 5.41) is 3.99. The summed E-state index contributed by atoms with van der Waals surface area (Å²) in [5.74, 6) is 3.26. The predicted octanol–water partition coefficient (Wildman–Crippen LogP) is 3.63. The largest absolute Gasteiger partial charge is 0.377 e. The number of rotatable bonds is 8. The van der Waals surface area contributed by atoms with Gasteiger partial charge >= 0.3 is 0 Å². The van der Waals surface area contributed by atoms with Gasteiger partial charge < -0.3 is 15.0 Å². The van der Waals surface area contributed by atoms with Crippen LogP contribution in [0, 0.1) is 23.2 Å². The van der Waals surface area contributed by atoms with Crippen LogP contribution in [0.3, 0.4) is 0 Å². The molecule has 7 nitrogen and oxygen atoms in total. The SMILES string of the molecule is C[C@@H](NC(=O)CN(Cc1nc2ccccc2c(=O)[nH]1)C[C@@H]1CCCO1)C12CC3CC(CC(C3)C1)C2. The Balaban J connectivity index is 1.15. The second kappa shape index (κ2) is 9.32. The van der Waals surface area contributed by atoms with Gasteiger partial charge in [-0.25, -0.2) is 4.98 Å². The molecule has 1 aromatic carbocycles. The molecule has 0 spiro atoms. The molecule has 4 aliphatic carbocycles. The van der Waals surface area contributed by atoms with Crippen molar-refractivity contribution < 1.29 is 9.53 Å². The van der Waals surface area contributed by atoms with E-state index < -0.39 is 0 Å². The second-order valence-corrected chi connectivity index (χ2v) is 11.9. The van der Waals surface area contributed by atoms with Crippen molar-refractivity contribution in [3.63, 3.8) is 0 Å². The highest BCUT2D eigenvalue weighted by Gasteiger charge is 2.53. The molecular formula is C28H38N4O3. The Morgan fingerprint density at radius 2 is 1.91 bits per heavy atom. The van der Waals surface area contributed by atoms with E-state index >= 15 is 0 Å². The number of para-hydroxylation sites is 1. The van der Waals surface area contributed by atoms with Gasteiger partial charge in [0.1, 0.15) is 5.82 Å². The summed E-state index contributed by atoms with van der Waals surface area (Å²) in [7, 11) is 0. The lowest BCUT2D eigenvalue weighted by atomic mass is 9.48. The summed E-state index contributed by atoms with van der Waals surface area (Å²) >= 11 is 0. The van der Waals surface area contributed by atoms with Crippen LogP contribution in [0.4, 0.5) is 0 Å². The van der Waals surface area contributed by atoms with Gasteiger partial charge in [0.25, 0.3) is 5.56 Å². The molecule has 2 aromatic rings. The molecule has 7 heteroatoms. The summed E-state index contributed by atoms with van der Waals surface area (Å²) in [6.07, 6.45) is 10.2. The molecule has 7 rings (SSSR count). The van der Waals surface area contributed by atoms with Gasteiger partial charge in [-0.2, -0.15) is 0 Å². The Hall–Kier alpha value is -2.25. The fraction of sp³-hybridized carbons (Fsp3) is 0.679. The quantitative estimate of drug-likeness (QED) is 0.605. The van der Waals surface area contributed by atoms with Gasteiger partial charge in [-0.05, 0) is 93.6 Å². The highest BCUT2D eigenvalue weighted by Crippen LogP contribution is 2.61. The lowest BCUT2D eigenvalue weighted by molar-refractivity contribution is -0.127. The fourth-order valence-corrected chi connectivity index (χ4v) is 8.03. The number of H-pyrrole nitrogens is 1. The Morgan fingerprint density at radius 1 is 1.20 bits per heavy atom. The van der Waals surface area contributed by atoms with Crippen LogP contribution in [0.1, 0.15) is 64.1 Å². The summed E-state index contributed by atoms with van der Waals surface area (Å²) in [4.78, 5) is 35.6. The molecule has 0 radical (unpaired) electrons. The number of ether oxygens (including phenoxy) is 1. The zero-order chi connectivity index (χ0) is 24.0. The van der Waals surface area contributed by atoms with E-state index in [1.807, 2.05) is 18.2 Å². The van der Waals surface area contributed by atoms with E-state index in [1.165, 1.54) is 38.5 Å². The molecule has 188 valence electrons. The Labute approximate surface area is 207 Å². The van der Waals surface area contributed by atoms with Gasteiger partial charge in [-0.3, -0.25) is 14.5 Å². The number of nitrogens with zero attached hydrogens (tertiary/aromatic N) is 2. The number of benzene rings is 1. The molecule has 1 aromatic heterocycles. The lowest BCUT2D eigenvalue weighted by Crippen LogP contribution is -2.56. The van der Waals surface area contributed by atoms with E-state index in [1.54, 1.807) is 6.07 Å². The van der Waals surface area contributed by atoms with Crippen LogP contribution < -0.4 is 10.9 Å². The molecule has 35 heavy (non-hydrogen) atoms. The maximum absolute atomic E-state index is 13.3. The third-order valence-corrected chi connectivity index (χ3v) is 9.27. The molecule has 2 heterocycles. The molecular weight excluding hydrogens is 440 g/mol. The van der Waals surface area contributed by atoms with Gasteiger partial charge in [0.15, 0.2) is 0 Å². The Bertz CT molecular complexity index is 1100. The van der Waals surface area contributed by atoms with Crippen molar-refractivity contribution in [1.29, 1.82) is 0 Å². The molecule has 0 unspecified atom stereocenters. The number of amides is 1. The van der Waals surface area contributed by atoms with Crippen molar-refractivity contribution in [2.24, 2.45) is 23.2 Å². The maximum atomic E-state index is 13.3. The molecule has 5 aliphatic rings. The van der Waals surface area contributed by atoms with E-state index in [0.29, 0.717) is 29.8 Å². The smallest absolute Gasteiger partial charge is 0.258 e. The summed E-state index contributed by atoms with van der Waals surface area (Å²) in [6, 6.07) is 7.58. The number of aromatic nitrogens is 2. The molecule has 2 N–H and O–H groups in total. The van der Waals surface area contributed by atoms with Crippen molar-refractivity contribution in [2.75, 3.05) is 19.7 Å². The molecule has 5 fully saturated rings. The highest BCUT2D eigenvalue weighted by atomic mass is 16.5. The molecule has 1 aliphatic heterocycles. The summed E-state index contributed by atoms with van der Waals surface area (Å²) in [5.41, 5.74) is 0.834. The van der Waals surface area contributed by atoms with Crippen molar-refractivity contribution in [3.8, 4) is 0 Å². The zero-order valence-corrected chi connectivity index (χ0v) is 20.8. The number of nitrogens with one attached hydrogen (secondary N) is 2. The van der Waals surface area contributed by atoms with Crippen LogP contribution >= 0.6 is 0 Å². The van der Waals surface area contributed by atoms with E-state index in [9.17, 15) is 9.59 Å². The Morgan fingerprint density at radius 3 is 2.60 bits per heavy atom. The number of hydrogen-bond donors (Lipinski definition) is 2. The van der Waals surface area contributed by atoms with E-state index in [-0.39, 0.29) is 35.6 Å². The topological polar surface area (TPSA) is 87.3 Å². The third kappa shape index (κ3) is 4.77. The van der Waals surface area contributed by atoms with Crippen LogP contribution in [0.15, 0.2) is 29.1 Å². The molecule has 4 saturated carbocycles. The standard InChI is InChI=1S/C28H38N4O3/c1-18(28-12-19-9-20(13-28)11-21(10-19)14-28)29-26(33)17-32(15-22-5-4-8-35-22)16-25-30-24-7-3-2-6-23(24)27(34)31-25/h2-3,6-7,18-22H,4-5,8-17H2,1H3,(H,29,33)(H,30,31,34)/t18-,19?,20?,21?,22+,28?/m1/s1. The fourth-order valence-electron chi connectivity index (χ4n) is 8.03. The van der Waals surface area contributed by atoms with Crippen molar-refractivity contribution in [3.05, 3.63) is 40.4 Å². The van der Waals surface area contributed by atoms with Gasteiger partial charge in [-0.15, -0.1) is 0 Å². The van der Waals surface area contributed by atoms with Crippen LogP contribution in [0.25, 0.3) is 10.9 Å². The minimum Gasteiger partial charge on any atom is -0.377 e. The van der Waals surface area contributed by atoms with Crippen molar-refractivity contribution in [1.82, 2.24) is 20.2 Å². The van der Waals surface area contributed by atoms with Gasteiger partial charge in [0.05, 0.1) is 30.1 Å². The first-order chi connectivity index (χ1) is 17.0. The summed E-state index contributed by atoms with van der Waals surface area (Å²) in [6.45, 7) is 4.37. The molecule has 2 atom stereocenters. The second-order valence-electron chi connectivity index (χ2n) is 11.9. The van der Waals surface area contributed by atoms with E-state index in [2.05, 4.69) is 27.1 Å². The molecule has 4 bridgehead atoms. The Kier molecular flexibility index (Phi) is 6.17. The first-order valence-electron chi connectivity index (χ1n) is 13.6. The average molecular weight is 479 g/mol. The normalized spacial score (nSPS) is 32.4. The van der Waals surface area contributed by atoms with Crippen LogP contribution in [0.2, 0.25) is 0 Å². The summed E-state index contributed by atoms with van der Waals surface area (Å²) < 4.78 is 5.88. The number of hydrogen-bond acceptors (Lipinski definition) is 5. The van der Waals surface area contributed by atoms with Crippen molar-refractivity contribution in [2.45, 2.75) is 77.0 Å². The molecule has 1 amide bonds. The van der Waals surface area contributed by atoms with Crippen LogP contribution in [-0.2, 0) is 16.1 Å². The predicted molar refractivity (Wildman–Crippen MR) is 135 cm³/mol. The van der Waals surface area contributed by atoms with Gasteiger partial charge in [0, 0.05) is 19.2 Å². The first-order valence-corrected chi connectivity index (χ1v) is 13.6. The van der Waals surface area contributed by atoms with E-state index in [4.69, 9.17) is 4.74 Å². The first kappa shape index (κ1) is 23.2. The minimum absolute atomic E-state index is 0.0642.